The van der Waals surface area contributed by atoms with Crippen molar-refractivity contribution in [3.8, 4) is 0 Å². The zero-order chi connectivity index (χ0) is 15.7. The van der Waals surface area contributed by atoms with Crippen LogP contribution < -0.4 is 0 Å². The highest BCUT2D eigenvalue weighted by Gasteiger charge is 2.39. The molecule has 0 fully saturated rings. The summed E-state index contributed by atoms with van der Waals surface area (Å²) in [6.45, 7) is 0. The van der Waals surface area contributed by atoms with E-state index in [1.54, 1.807) is 0 Å². The first-order chi connectivity index (χ1) is 9.40. The van der Waals surface area contributed by atoms with Crippen molar-refractivity contribution >= 4 is 23.9 Å². The Morgan fingerprint density at radius 2 is 0.950 bits per heavy atom. The topological polar surface area (TPSA) is 105 Å². The summed E-state index contributed by atoms with van der Waals surface area (Å²) in [5.41, 5.74) is 0. The fourth-order valence-corrected chi connectivity index (χ4v) is 1.61. The summed E-state index contributed by atoms with van der Waals surface area (Å²) in [4.78, 5) is 46.0. The standard InChI is InChI=1S/C12H18O8/c1-17-9(13)5-7(11(15)19-3)8(12(16)20-4)6-10(14)18-2/h7-8H,5-6H2,1-4H3. The van der Waals surface area contributed by atoms with E-state index < -0.39 is 48.6 Å². The van der Waals surface area contributed by atoms with Crippen LogP contribution in [0.15, 0.2) is 0 Å². The van der Waals surface area contributed by atoms with Gasteiger partial charge in [0.05, 0.1) is 53.1 Å². The maximum absolute atomic E-state index is 11.7. The number of carbonyl (C=O) groups excluding carboxylic acids is 4. The molecule has 0 aromatic heterocycles. The molecule has 0 saturated carbocycles. The van der Waals surface area contributed by atoms with Gasteiger partial charge < -0.3 is 18.9 Å². The van der Waals surface area contributed by atoms with E-state index in [9.17, 15) is 19.2 Å². The minimum Gasteiger partial charge on any atom is -0.469 e. The Kier molecular flexibility index (Phi) is 7.95. The third-order valence-electron chi connectivity index (χ3n) is 2.72. The summed E-state index contributed by atoms with van der Waals surface area (Å²) in [6, 6.07) is 0. The third-order valence-corrected chi connectivity index (χ3v) is 2.72. The van der Waals surface area contributed by atoms with Crippen LogP contribution in [0.5, 0.6) is 0 Å². The smallest absolute Gasteiger partial charge is 0.310 e. The van der Waals surface area contributed by atoms with Crippen LogP contribution in [0.2, 0.25) is 0 Å². The first-order valence-electron chi connectivity index (χ1n) is 5.70. The number of hydrogen-bond acceptors (Lipinski definition) is 8. The van der Waals surface area contributed by atoms with Gasteiger partial charge in [0.25, 0.3) is 0 Å². The molecule has 0 aliphatic rings. The first-order valence-corrected chi connectivity index (χ1v) is 5.70. The predicted molar refractivity (Wildman–Crippen MR) is 64.3 cm³/mol. The van der Waals surface area contributed by atoms with Crippen molar-refractivity contribution < 1.29 is 38.1 Å². The van der Waals surface area contributed by atoms with Crippen molar-refractivity contribution in [2.75, 3.05) is 28.4 Å². The first kappa shape index (κ1) is 17.9. The second-order valence-electron chi connectivity index (χ2n) is 3.82. The molecule has 2 atom stereocenters. The van der Waals surface area contributed by atoms with Gasteiger partial charge in [-0.25, -0.2) is 0 Å². The molecule has 0 aromatic carbocycles. The van der Waals surface area contributed by atoms with E-state index in [2.05, 4.69) is 18.9 Å². The van der Waals surface area contributed by atoms with Crippen molar-refractivity contribution in [3.05, 3.63) is 0 Å². The summed E-state index contributed by atoms with van der Waals surface area (Å²) in [5.74, 6) is -5.40. The Morgan fingerprint density at radius 3 is 1.15 bits per heavy atom. The van der Waals surface area contributed by atoms with Gasteiger partial charge in [0, 0.05) is 0 Å². The highest BCUT2D eigenvalue weighted by Crippen LogP contribution is 2.24. The van der Waals surface area contributed by atoms with Gasteiger partial charge in [0.2, 0.25) is 0 Å². The molecule has 0 aliphatic heterocycles. The van der Waals surface area contributed by atoms with E-state index >= 15 is 0 Å². The molecular weight excluding hydrogens is 272 g/mol. The minimum absolute atomic E-state index is 0.403. The molecule has 20 heavy (non-hydrogen) atoms. The van der Waals surface area contributed by atoms with E-state index in [1.165, 1.54) is 0 Å². The van der Waals surface area contributed by atoms with E-state index in [1.807, 2.05) is 0 Å². The normalized spacial score (nSPS) is 12.8. The van der Waals surface area contributed by atoms with Gasteiger partial charge in [-0.3, -0.25) is 19.2 Å². The maximum Gasteiger partial charge on any atom is 0.310 e. The second kappa shape index (κ2) is 8.89. The second-order valence-corrected chi connectivity index (χ2v) is 3.82. The average Bonchev–Trinajstić information content (AvgIpc) is 2.48. The molecule has 0 radical (unpaired) electrons. The van der Waals surface area contributed by atoms with Crippen LogP contribution in [0, 0.1) is 11.8 Å². The molecule has 0 saturated heterocycles. The number of ether oxygens (including phenoxy) is 4. The van der Waals surface area contributed by atoms with E-state index in [0.29, 0.717) is 0 Å². The third kappa shape index (κ3) is 5.25. The van der Waals surface area contributed by atoms with Gasteiger partial charge in [-0.15, -0.1) is 0 Å². The number of methoxy groups -OCH3 is 4. The molecule has 2 unspecified atom stereocenters. The van der Waals surface area contributed by atoms with Crippen LogP contribution in [0.4, 0.5) is 0 Å². The Labute approximate surface area is 116 Å². The van der Waals surface area contributed by atoms with E-state index in [-0.39, 0.29) is 0 Å². The predicted octanol–water partition coefficient (Wildman–Crippen LogP) is -0.309. The Morgan fingerprint density at radius 1 is 0.650 bits per heavy atom. The largest absolute Gasteiger partial charge is 0.469 e. The Hall–Kier alpha value is -2.12. The van der Waals surface area contributed by atoms with E-state index in [0.717, 1.165) is 28.4 Å². The molecule has 0 amide bonds. The van der Waals surface area contributed by atoms with Gasteiger partial charge in [0.1, 0.15) is 0 Å². The molecule has 0 spiro atoms. The molecule has 0 aromatic rings. The molecule has 8 heteroatoms. The fraction of sp³-hybridized carbons (Fsp3) is 0.667. The molecule has 114 valence electrons. The monoisotopic (exact) mass is 290 g/mol. The molecule has 0 N–H and O–H groups in total. The van der Waals surface area contributed by atoms with Crippen LogP contribution in [0.25, 0.3) is 0 Å². The zero-order valence-corrected chi connectivity index (χ0v) is 11.8. The lowest BCUT2D eigenvalue weighted by molar-refractivity contribution is -0.164. The van der Waals surface area contributed by atoms with Crippen molar-refractivity contribution in [1.29, 1.82) is 0 Å². The van der Waals surface area contributed by atoms with Crippen LogP contribution in [-0.2, 0) is 38.1 Å². The quantitative estimate of drug-likeness (QED) is 0.464. The summed E-state index contributed by atoms with van der Waals surface area (Å²) in [7, 11) is 4.51. The molecule has 0 heterocycles. The summed E-state index contributed by atoms with van der Waals surface area (Å²) >= 11 is 0. The average molecular weight is 290 g/mol. The number of rotatable bonds is 7. The number of hydrogen-bond donors (Lipinski definition) is 0. The van der Waals surface area contributed by atoms with Gasteiger partial charge in [-0.2, -0.15) is 0 Å². The van der Waals surface area contributed by atoms with Crippen molar-refractivity contribution in [2.45, 2.75) is 12.8 Å². The SMILES string of the molecule is COC(=O)CC(C(=O)OC)C(CC(=O)OC)C(=O)OC. The Bertz CT molecular complexity index is 340. The zero-order valence-electron chi connectivity index (χ0n) is 11.8. The van der Waals surface area contributed by atoms with Gasteiger partial charge in [0.15, 0.2) is 0 Å². The summed E-state index contributed by atoms with van der Waals surface area (Å²) in [5, 5.41) is 0. The molecule has 0 bridgehead atoms. The van der Waals surface area contributed by atoms with Crippen LogP contribution in [0.3, 0.4) is 0 Å². The Balaban J connectivity index is 5.26. The summed E-state index contributed by atoms with van der Waals surface area (Å²) in [6.07, 6.45) is -0.806. The van der Waals surface area contributed by atoms with Crippen molar-refractivity contribution in [3.63, 3.8) is 0 Å². The molecule has 8 nitrogen and oxygen atoms in total. The minimum atomic E-state index is -1.18. The van der Waals surface area contributed by atoms with Crippen LogP contribution >= 0.6 is 0 Å². The lowest BCUT2D eigenvalue weighted by Crippen LogP contribution is -2.35. The van der Waals surface area contributed by atoms with Gasteiger partial charge in [-0.05, 0) is 0 Å². The molecular formula is C12H18O8. The maximum atomic E-state index is 11.7. The number of esters is 4. The van der Waals surface area contributed by atoms with Crippen LogP contribution in [-0.4, -0.2) is 52.3 Å². The highest BCUT2D eigenvalue weighted by atomic mass is 16.5. The van der Waals surface area contributed by atoms with Gasteiger partial charge >= 0.3 is 23.9 Å². The fourth-order valence-electron chi connectivity index (χ4n) is 1.61. The van der Waals surface area contributed by atoms with E-state index in [4.69, 9.17) is 0 Å². The highest BCUT2D eigenvalue weighted by molar-refractivity contribution is 5.88. The lowest BCUT2D eigenvalue weighted by atomic mass is 9.86. The molecule has 0 aliphatic carbocycles. The van der Waals surface area contributed by atoms with Crippen LogP contribution in [0.1, 0.15) is 12.8 Å². The lowest BCUT2D eigenvalue weighted by Gasteiger charge is -2.21. The van der Waals surface area contributed by atoms with Crippen molar-refractivity contribution in [2.24, 2.45) is 11.8 Å². The molecule has 0 rings (SSSR count). The van der Waals surface area contributed by atoms with Crippen molar-refractivity contribution in [1.82, 2.24) is 0 Å². The number of carbonyl (C=O) groups is 4. The van der Waals surface area contributed by atoms with Gasteiger partial charge in [-0.1, -0.05) is 0 Å². The summed E-state index contributed by atoms with van der Waals surface area (Å²) < 4.78 is 18.0.